The van der Waals surface area contributed by atoms with Crippen LogP contribution in [0.25, 0.3) is 0 Å². The lowest BCUT2D eigenvalue weighted by molar-refractivity contribution is -0.130. The highest BCUT2D eigenvalue weighted by molar-refractivity contribution is 6.05. The van der Waals surface area contributed by atoms with E-state index < -0.39 is 0 Å². The summed E-state index contributed by atoms with van der Waals surface area (Å²) in [4.78, 5) is 12.1. The molecule has 142 valence electrons. The molecule has 1 aliphatic heterocycles. The van der Waals surface area contributed by atoms with Gasteiger partial charge in [0.1, 0.15) is 11.5 Å². The number of phenols is 1. The molecule has 2 aromatic rings. The number of carbonyl (C=O) groups excluding carboxylic acids is 1. The number of hydrogen-bond acceptors (Lipinski definition) is 6. The smallest absolute Gasteiger partial charge is 0.240 e. The Morgan fingerprint density at radius 3 is 2.41 bits per heavy atom. The molecule has 27 heavy (non-hydrogen) atoms. The minimum absolute atomic E-state index is 0.0598. The van der Waals surface area contributed by atoms with Crippen molar-refractivity contribution in [2.24, 2.45) is 5.10 Å². The molecular formula is C20H22N2O5. The summed E-state index contributed by atoms with van der Waals surface area (Å²) in [6, 6.07) is 10.2. The van der Waals surface area contributed by atoms with Crippen LogP contribution in [0.4, 0.5) is 0 Å². The highest BCUT2D eigenvalue weighted by atomic mass is 16.5. The zero-order valence-electron chi connectivity index (χ0n) is 15.7. The standard InChI is InChI=1S/C20H22N2O5/c1-12(23)22-17(13-5-8-19(26-3)20(9-13)27-4)11-16(21-22)15-7-6-14(25-2)10-18(15)24/h5-10,17,24H,11H2,1-4H3/t17-/m0/s1. The lowest BCUT2D eigenvalue weighted by Crippen LogP contribution is -2.24. The molecule has 0 fully saturated rings. The number of hydrogen-bond donors (Lipinski definition) is 1. The molecule has 3 rings (SSSR count). The molecular weight excluding hydrogens is 348 g/mol. The van der Waals surface area contributed by atoms with Crippen LogP contribution < -0.4 is 14.2 Å². The molecule has 0 saturated heterocycles. The molecule has 0 radical (unpaired) electrons. The summed E-state index contributed by atoms with van der Waals surface area (Å²) in [5.74, 6) is 1.62. The van der Waals surface area contributed by atoms with Crippen molar-refractivity contribution < 1.29 is 24.1 Å². The summed E-state index contributed by atoms with van der Waals surface area (Å²) in [6.07, 6.45) is 0.467. The van der Waals surface area contributed by atoms with E-state index in [-0.39, 0.29) is 17.7 Å². The van der Waals surface area contributed by atoms with Gasteiger partial charge < -0.3 is 19.3 Å². The minimum atomic E-state index is -0.293. The predicted octanol–water partition coefficient (Wildman–Crippen LogP) is 3.12. The van der Waals surface area contributed by atoms with Gasteiger partial charge in [0.05, 0.1) is 33.1 Å². The van der Waals surface area contributed by atoms with Gasteiger partial charge in [0.15, 0.2) is 11.5 Å². The van der Waals surface area contributed by atoms with E-state index in [1.165, 1.54) is 25.1 Å². The van der Waals surface area contributed by atoms with Gasteiger partial charge in [0.2, 0.25) is 5.91 Å². The van der Waals surface area contributed by atoms with Crippen molar-refractivity contribution in [3.05, 3.63) is 47.5 Å². The molecule has 7 nitrogen and oxygen atoms in total. The van der Waals surface area contributed by atoms with Crippen LogP contribution in [0.5, 0.6) is 23.0 Å². The first-order valence-electron chi connectivity index (χ1n) is 8.45. The van der Waals surface area contributed by atoms with Crippen molar-refractivity contribution in [1.82, 2.24) is 5.01 Å². The Kier molecular flexibility index (Phi) is 5.21. The Morgan fingerprint density at radius 1 is 1.07 bits per heavy atom. The number of rotatable bonds is 5. The lowest BCUT2D eigenvalue weighted by atomic mass is 9.97. The Balaban J connectivity index is 1.96. The molecule has 7 heteroatoms. The Bertz CT molecular complexity index is 894. The number of phenolic OH excluding ortho intramolecular Hbond substituents is 1. The highest BCUT2D eigenvalue weighted by Crippen LogP contribution is 2.38. The van der Waals surface area contributed by atoms with Gasteiger partial charge in [-0.25, -0.2) is 5.01 Å². The minimum Gasteiger partial charge on any atom is -0.507 e. The second-order valence-corrected chi connectivity index (χ2v) is 6.13. The third-order valence-corrected chi connectivity index (χ3v) is 4.54. The summed E-state index contributed by atoms with van der Waals surface area (Å²) in [7, 11) is 4.67. The molecule has 1 amide bonds. The lowest BCUT2D eigenvalue weighted by Gasteiger charge is -2.21. The van der Waals surface area contributed by atoms with Crippen LogP contribution in [0.3, 0.4) is 0 Å². The monoisotopic (exact) mass is 370 g/mol. The summed E-state index contributed by atoms with van der Waals surface area (Å²) < 4.78 is 15.8. The van der Waals surface area contributed by atoms with Crippen molar-refractivity contribution >= 4 is 11.6 Å². The van der Waals surface area contributed by atoms with E-state index in [1.54, 1.807) is 32.4 Å². The number of ether oxygens (including phenoxy) is 3. The first kappa shape index (κ1) is 18.6. The van der Waals surface area contributed by atoms with E-state index >= 15 is 0 Å². The van der Waals surface area contributed by atoms with Crippen LogP contribution in [-0.4, -0.2) is 43.1 Å². The molecule has 2 aromatic carbocycles. The number of hydrazone groups is 1. The van der Waals surface area contributed by atoms with Crippen LogP contribution >= 0.6 is 0 Å². The van der Waals surface area contributed by atoms with Crippen LogP contribution in [-0.2, 0) is 4.79 Å². The maximum Gasteiger partial charge on any atom is 0.240 e. The molecule has 0 aliphatic carbocycles. The van der Waals surface area contributed by atoms with E-state index in [1.807, 2.05) is 12.1 Å². The fraction of sp³-hybridized carbons (Fsp3) is 0.300. The maximum absolute atomic E-state index is 12.1. The Labute approximate surface area is 157 Å². The molecule has 1 heterocycles. The summed E-state index contributed by atoms with van der Waals surface area (Å²) in [6.45, 7) is 1.47. The summed E-state index contributed by atoms with van der Waals surface area (Å²) in [5, 5.41) is 16.2. The molecule has 0 spiro atoms. The van der Waals surface area contributed by atoms with E-state index in [9.17, 15) is 9.90 Å². The molecule has 1 N–H and O–H groups in total. The van der Waals surface area contributed by atoms with Gasteiger partial charge in [-0.2, -0.15) is 5.10 Å². The van der Waals surface area contributed by atoms with E-state index in [0.717, 1.165) is 5.56 Å². The summed E-state index contributed by atoms with van der Waals surface area (Å²) >= 11 is 0. The Hall–Kier alpha value is -3.22. The van der Waals surface area contributed by atoms with Gasteiger partial charge in [0, 0.05) is 25.0 Å². The average Bonchev–Trinajstić information content (AvgIpc) is 3.12. The normalized spacial score (nSPS) is 16.1. The largest absolute Gasteiger partial charge is 0.507 e. The van der Waals surface area contributed by atoms with E-state index in [4.69, 9.17) is 14.2 Å². The first-order valence-corrected chi connectivity index (χ1v) is 8.45. The van der Waals surface area contributed by atoms with E-state index in [0.29, 0.717) is 34.9 Å². The average molecular weight is 370 g/mol. The number of carbonyl (C=O) groups is 1. The second kappa shape index (κ2) is 7.57. The molecule has 0 saturated carbocycles. The predicted molar refractivity (Wildman–Crippen MR) is 101 cm³/mol. The van der Waals surface area contributed by atoms with Crippen LogP contribution in [0.2, 0.25) is 0 Å². The molecule has 1 atom stereocenters. The SMILES string of the molecule is COc1ccc(C2=NN(C(C)=O)[C@H](c3ccc(OC)c(OC)c3)C2)c(O)c1. The molecule has 0 bridgehead atoms. The van der Waals surface area contributed by atoms with Gasteiger partial charge >= 0.3 is 0 Å². The van der Waals surface area contributed by atoms with Gasteiger partial charge in [-0.3, -0.25) is 4.79 Å². The zero-order chi connectivity index (χ0) is 19.6. The number of methoxy groups -OCH3 is 3. The number of aromatic hydroxyl groups is 1. The van der Waals surface area contributed by atoms with Crippen molar-refractivity contribution in [2.75, 3.05) is 21.3 Å². The Morgan fingerprint density at radius 2 is 1.81 bits per heavy atom. The second-order valence-electron chi connectivity index (χ2n) is 6.13. The quantitative estimate of drug-likeness (QED) is 0.875. The third-order valence-electron chi connectivity index (χ3n) is 4.54. The maximum atomic E-state index is 12.1. The van der Waals surface area contributed by atoms with Crippen molar-refractivity contribution in [1.29, 1.82) is 0 Å². The van der Waals surface area contributed by atoms with Gasteiger partial charge in [-0.05, 0) is 29.8 Å². The van der Waals surface area contributed by atoms with Gasteiger partial charge in [-0.15, -0.1) is 0 Å². The van der Waals surface area contributed by atoms with Gasteiger partial charge in [-0.1, -0.05) is 6.07 Å². The fourth-order valence-corrected chi connectivity index (χ4v) is 3.17. The van der Waals surface area contributed by atoms with Crippen LogP contribution in [0.1, 0.15) is 30.5 Å². The van der Waals surface area contributed by atoms with Crippen molar-refractivity contribution in [3.8, 4) is 23.0 Å². The molecule has 0 unspecified atom stereocenters. The number of amides is 1. The van der Waals surface area contributed by atoms with Crippen molar-refractivity contribution in [2.45, 2.75) is 19.4 Å². The van der Waals surface area contributed by atoms with E-state index in [2.05, 4.69) is 5.10 Å². The zero-order valence-corrected chi connectivity index (χ0v) is 15.7. The highest BCUT2D eigenvalue weighted by Gasteiger charge is 2.32. The summed E-state index contributed by atoms with van der Waals surface area (Å²) in [5.41, 5.74) is 2.07. The third kappa shape index (κ3) is 3.53. The van der Waals surface area contributed by atoms with Crippen molar-refractivity contribution in [3.63, 3.8) is 0 Å². The number of benzene rings is 2. The number of nitrogens with zero attached hydrogens (tertiary/aromatic N) is 2. The molecule has 0 aromatic heterocycles. The van der Waals surface area contributed by atoms with Gasteiger partial charge in [0.25, 0.3) is 0 Å². The van der Waals surface area contributed by atoms with Crippen LogP contribution in [0.15, 0.2) is 41.5 Å². The fourth-order valence-electron chi connectivity index (χ4n) is 3.17. The molecule has 1 aliphatic rings. The first-order chi connectivity index (χ1) is 13.0. The van der Waals surface area contributed by atoms with Crippen LogP contribution in [0, 0.1) is 0 Å². The topological polar surface area (TPSA) is 80.6 Å².